The van der Waals surface area contributed by atoms with Crippen molar-refractivity contribution in [2.45, 2.75) is 13.5 Å². The molecule has 0 amide bonds. The smallest absolute Gasteiger partial charge is 0.129 e. The molecule has 0 aliphatic rings. The van der Waals surface area contributed by atoms with E-state index in [9.17, 15) is 0 Å². The third-order valence-corrected chi connectivity index (χ3v) is 3.63. The van der Waals surface area contributed by atoms with Crippen LogP contribution in [0.2, 0.25) is 5.02 Å². The summed E-state index contributed by atoms with van der Waals surface area (Å²) in [5.41, 5.74) is 4.45. The molecule has 0 atom stereocenters. The molecule has 0 fully saturated rings. The molecule has 3 aromatic rings. The highest BCUT2D eigenvalue weighted by Crippen LogP contribution is 2.30. The van der Waals surface area contributed by atoms with Gasteiger partial charge in [-0.05, 0) is 31.2 Å². The van der Waals surface area contributed by atoms with E-state index in [1.165, 1.54) is 11.7 Å². The van der Waals surface area contributed by atoms with Crippen LogP contribution < -0.4 is 5.32 Å². The molecule has 0 bridgehead atoms. The van der Waals surface area contributed by atoms with Crippen LogP contribution in [-0.4, -0.2) is 13.7 Å². The quantitative estimate of drug-likeness (QED) is 0.800. The third kappa shape index (κ3) is 2.52. The van der Waals surface area contributed by atoms with Gasteiger partial charge in [-0.25, -0.2) is 0 Å². The maximum Gasteiger partial charge on any atom is 0.129 e. The third-order valence-electron chi connectivity index (χ3n) is 2.77. The predicted molar refractivity (Wildman–Crippen MR) is 78.7 cm³/mol. The van der Waals surface area contributed by atoms with Crippen LogP contribution in [0, 0.1) is 6.92 Å². The Hall–Kier alpha value is -1.72. The Morgan fingerprint density at radius 3 is 2.95 bits per heavy atom. The average Bonchev–Trinajstić information content (AvgIpc) is 2.86. The molecule has 2 aromatic heterocycles. The summed E-state index contributed by atoms with van der Waals surface area (Å²) in [6.45, 7) is 2.58. The number of nitrogens with one attached hydrogen (secondary N) is 1. The van der Waals surface area contributed by atoms with Crippen molar-refractivity contribution in [3.05, 3.63) is 46.7 Å². The largest absolute Gasteiger partial charge is 0.376 e. The maximum atomic E-state index is 6.21. The van der Waals surface area contributed by atoms with Crippen LogP contribution in [0.15, 0.2) is 30.3 Å². The van der Waals surface area contributed by atoms with Crippen LogP contribution in [-0.2, 0) is 6.54 Å². The van der Waals surface area contributed by atoms with Gasteiger partial charge in [0, 0.05) is 5.69 Å². The summed E-state index contributed by atoms with van der Waals surface area (Å²) in [5.74, 6) is 0. The predicted octanol–water partition coefficient (Wildman–Crippen LogP) is 3.66. The lowest BCUT2D eigenvalue weighted by molar-refractivity contribution is 1.02. The number of nitrogens with zero attached hydrogens (tertiary/aromatic N) is 3. The molecule has 3 rings (SSSR count). The summed E-state index contributed by atoms with van der Waals surface area (Å²) in [7, 11) is 0. The van der Waals surface area contributed by atoms with E-state index >= 15 is 0 Å². The highest BCUT2D eigenvalue weighted by Gasteiger charge is 2.09. The number of aryl methyl sites for hydroxylation is 1. The van der Waals surface area contributed by atoms with Gasteiger partial charge < -0.3 is 5.32 Å². The van der Waals surface area contributed by atoms with E-state index in [1.54, 1.807) is 0 Å². The normalized spacial score (nSPS) is 10.8. The molecule has 0 aliphatic carbocycles. The average molecular weight is 291 g/mol. The fraction of sp³-hybridized carbons (Fsp3) is 0.154. The van der Waals surface area contributed by atoms with Gasteiger partial charge in [-0.1, -0.05) is 17.7 Å². The monoisotopic (exact) mass is 290 g/mol. The molecule has 0 radical (unpaired) electrons. The van der Waals surface area contributed by atoms with Crippen molar-refractivity contribution in [2.24, 2.45) is 0 Å². The van der Waals surface area contributed by atoms with Crippen LogP contribution in [0.3, 0.4) is 0 Å². The first-order valence-electron chi connectivity index (χ1n) is 5.81. The van der Waals surface area contributed by atoms with E-state index in [2.05, 4.69) is 19.0 Å². The molecular weight excluding hydrogens is 280 g/mol. The Labute approximate surface area is 119 Å². The second-order valence-electron chi connectivity index (χ2n) is 4.18. The summed E-state index contributed by atoms with van der Waals surface area (Å²) in [6, 6.07) is 9.65. The number of halogens is 1. The standard InChI is InChI=1S/C13H11ClN4S/c1-8-3-2-4-9(16-8)7-15-12-10(14)5-6-11-13(12)18-19-17-11/h2-6,15H,7H2,1H3. The summed E-state index contributed by atoms with van der Waals surface area (Å²) in [6.07, 6.45) is 0. The number of rotatable bonds is 3. The van der Waals surface area contributed by atoms with Crippen LogP contribution in [0.25, 0.3) is 11.0 Å². The first-order valence-corrected chi connectivity index (χ1v) is 6.92. The van der Waals surface area contributed by atoms with Gasteiger partial charge in [0.25, 0.3) is 0 Å². The van der Waals surface area contributed by atoms with Crippen molar-refractivity contribution >= 4 is 40.0 Å². The fourth-order valence-corrected chi connectivity index (χ4v) is 2.63. The SMILES string of the molecule is Cc1cccc(CNc2c(Cl)ccc3nsnc23)n1. The Balaban J connectivity index is 1.89. The molecule has 6 heteroatoms. The zero-order chi connectivity index (χ0) is 13.2. The highest BCUT2D eigenvalue weighted by molar-refractivity contribution is 7.00. The first-order chi connectivity index (χ1) is 9.24. The molecule has 0 spiro atoms. The molecule has 19 heavy (non-hydrogen) atoms. The van der Waals surface area contributed by atoms with Crippen molar-refractivity contribution in [2.75, 3.05) is 5.32 Å². The summed E-state index contributed by atoms with van der Waals surface area (Å²) in [4.78, 5) is 4.45. The summed E-state index contributed by atoms with van der Waals surface area (Å²) < 4.78 is 8.48. The van der Waals surface area contributed by atoms with Crippen molar-refractivity contribution in [1.82, 2.24) is 13.7 Å². The lowest BCUT2D eigenvalue weighted by atomic mass is 10.2. The van der Waals surface area contributed by atoms with Crippen molar-refractivity contribution in [1.29, 1.82) is 0 Å². The highest BCUT2D eigenvalue weighted by atomic mass is 35.5. The van der Waals surface area contributed by atoms with Crippen LogP contribution in [0.1, 0.15) is 11.4 Å². The van der Waals surface area contributed by atoms with Crippen molar-refractivity contribution < 1.29 is 0 Å². The molecule has 0 saturated carbocycles. The van der Waals surface area contributed by atoms with Gasteiger partial charge in [-0.15, -0.1) is 0 Å². The molecule has 96 valence electrons. The van der Waals surface area contributed by atoms with Crippen molar-refractivity contribution in [3.63, 3.8) is 0 Å². The van der Waals surface area contributed by atoms with E-state index in [4.69, 9.17) is 11.6 Å². The number of fused-ring (bicyclic) bond motifs is 1. The first kappa shape index (κ1) is 12.3. The van der Waals surface area contributed by atoms with Gasteiger partial charge in [0.2, 0.25) is 0 Å². The maximum absolute atomic E-state index is 6.21. The van der Waals surface area contributed by atoms with Gasteiger partial charge >= 0.3 is 0 Å². The second-order valence-corrected chi connectivity index (χ2v) is 5.11. The zero-order valence-electron chi connectivity index (χ0n) is 10.2. The van der Waals surface area contributed by atoms with Crippen molar-refractivity contribution in [3.8, 4) is 0 Å². The topological polar surface area (TPSA) is 50.7 Å². The second kappa shape index (κ2) is 5.11. The minimum atomic E-state index is 0.609. The molecule has 4 nitrogen and oxygen atoms in total. The van der Waals surface area contributed by atoms with Crippen LogP contribution in [0.4, 0.5) is 5.69 Å². The van der Waals surface area contributed by atoms with E-state index in [0.29, 0.717) is 11.6 Å². The van der Waals surface area contributed by atoms with Gasteiger partial charge in [0.1, 0.15) is 11.0 Å². The van der Waals surface area contributed by atoms with Gasteiger partial charge in [0.05, 0.1) is 34.7 Å². The van der Waals surface area contributed by atoms with E-state index in [0.717, 1.165) is 28.1 Å². The van der Waals surface area contributed by atoms with Gasteiger partial charge in [0.15, 0.2) is 0 Å². The number of hydrogen-bond donors (Lipinski definition) is 1. The number of benzene rings is 1. The number of pyridine rings is 1. The lowest BCUT2D eigenvalue weighted by Crippen LogP contribution is -2.03. The van der Waals surface area contributed by atoms with E-state index in [1.807, 2.05) is 37.3 Å². The van der Waals surface area contributed by atoms with Crippen LogP contribution in [0.5, 0.6) is 0 Å². The molecular formula is C13H11ClN4S. The number of aromatic nitrogens is 3. The fourth-order valence-electron chi connectivity index (χ4n) is 1.87. The van der Waals surface area contributed by atoms with Gasteiger partial charge in [-0.3, -0.25) is 4.98 Å². The van der Waals surface area contributed by atoms with Gasteiger partial charge in [-0.2, -0.15) is 8.75 Å². The number of anilines is 1. The molecule has 1 aromatic carbocycles. The molecule has 0 unspecified atom stereocenters. The molecule has 0 saturated heterocycles. The van der Waals surface area contributed by atoms with Crippen LogP contribution >= 0.6 is 23.3 Å². The van der Waals surface area contributed by atoms with E-state index < -0.39 is 0 Å². The Morgan fingerprint density at radius 2 is 2.11 bits per heavy atom. The molecule has 2 heterocycles. The minimum absolute atomic E-state index is 0.609. The summed E-state index contributed by atoms with van der Waals surface area (Å²) >= 11 is 7.40. The summed E-state index contributed by atoms with van der Waals surface area (Å²) in [5, 5.41) is 3.94. The minimum Gasteiger partial charge on any atom is -0.376 e. The molecule has 1 N–H and O–H groups in total. The number of hydrogen-bond acceptors (Lipinski definition) is 5. The van der Waals surface area contributed by atoms with E-state index in [-0.39, 0.29) is 0 Å². The Kier molecular flexibility index (Phi) is 3.31. The molecule has 0 aliphatic heterocycles. The Bertz CT molecular complexity index is 725. The zero-order valence-corrected chi connectivity index (χ0v) is 11.8. The lowest BCUT2D eigenvalue weighted by Gasteiger charge is -2.08. The Morgan fingerprint density at radius 1 is 1.21 bits per heavy atom.